The summed E-state index contributed by atoms with van der Waals surface area (Å²) < 4.78 is 18.5. The van der Waals surface area contributed by atoms with E-state index in [1.165, 1.54) is 0 Å². The highest BCUT2D eigenvalue weighted by Gasteiger charge is 2.43. The van der Waals surface area contributed by atoms with Crippen LogP contribution in [0.1, 0.15) is 0 Å². The van der Waals surface area contributed by atoms with Crippen LogP contribution in [0, 0.1) is 0 Å². The van der Waals surface area contributed by atoms with Crippen LogP contribution < -0.4 is 9.79 Å². The minimum atomic E-state index is -5.23. The van der Waals surface area contributed by atoms with Crippen molar-refractivity contribution in [3.63, 3.8) is 0 Å². The highest BCUT2D eigenvalue weighted by molar-refractivity contribution is 7.43. The summed E-state index contributed by atoms with van der Waals surface area (Å²) in [7, 11) is -5.23. The van der Waals surface area contributed by atoms with Gasteiger partial charge in [0.1, 0.15) is 24.4 Å². The van der Waals surface area contributed by atoms with Crippen molar-refractivity contribution in [1.82, 2.24) is 0 Å². The Morgan fingerprint density at radius 3 is 2.19 bits per heavy atom. The molecule has 0 spiro atoms. The summed E-state index contributed by atoms with van der Waals surface area (Å²) in [5, 5.41) is 36.6. The summed E-state index contributed by atoms with van der Waals surface area (Å²) >= 11 is 0. The van der Waals surface area contributed by atoms with Crippen molar-refractivity contribution in [3.8, 4) is 0 Å². The summed E-state index contributed by atoms with van der Waals surface area (Å²) in [5.74, 6) is 0. The smallest absolute Gasteiger partial charge is 0.184 e. The summed E-state index contributed by atoms with van der Waals surface area (Å²) in [6.45, 7) is -0.855. The maximum absolute atomic E-state index is 10.1. The van der Waals surface area contributed by atoms with Crippen LogP contribution in [-0.2, 0) is 13.8 Å². The van der Waals surface area contributed by atoms with Crippen molar-refractivity contribution in [2.75, 3.05) is 6.61 Å². The van der Waals surface area contributed by atoms with Crippen molar-refractivity contribution >= 4 is 7.82 Å². The van der Waals surface area contributed by atoms with Gasteiger partial charge in [0.15, 0.2) is 6.29 Å². The first-order valence-corrected chi connectivity index (χ1v) is 5.73. The van der Waals surface area contributed by atoms with E-state index in [-0.39, 0.29) is 0 Å². The van der Waals surface area contributed by atoms with E-state index in [1.807, 2.05) is 0 Å². The molecule has 0 radical (unpaired) electrons. The minimum absolute atomic E-state index is 0.855. The highest BCUT2D eigenvalue weighted by atomic mass is 31.2. The second-order valence-corrected chi connectivity index (χ2v) is 4.43. The van der Waals surface area contributed by atoms with Crippen LogP contribution in [-0.4, -0.2) is 57.7 Å². The van der Waals surface area contributed by atoms with Crippen LogP contribution >= 0.6 is 7.82 Å². The number of phosphoric ester groups is 1. The van der Waals surface area contributed by atoms with Gasteiger partial charge in [-0.25, -0.2) is 0 Å². The molecular formula is C6H11O9P-2. The van der Waals surface area contributed by atoms with E-state index in [0.717, 1.165) is 0 Å². The maximum Gasteiger partial charge on any atom is 0.184 e. The van der Waals surface area contributed by atoms with Gasteiger partial charge in [-0.15, -0.1) is 0 Å². The molecule has 0 bridgehead atoms. The molecule has 1 fully saturated rings. The molecule has 0 amide bonds. The minimum Gasteiger partial charge on any atom is -0.790 e. The van der Waals surface area contributed by atoms with Gasteiger partial charge >= 0.3 is 0 Å². The highest BCUT2D eigenvalue weighted by Crippen LogP contribution is 2.27. The van der Waals surface area contributed by atoms with Gasteiger partial charge in [0.05, 0.1) is 14.4 Å². The Kier molecular flexibility index (Phi) is 4.41. The molecule has 0 aliphatic carbocycles. The third-order valence-electron chi connectivity index (χ3n) is 2.08. The third-order valence-corrected chi connectivity index (χ3v) is 2.55. The fraction of sp³-hybridized carbons (Fsp3) is 1.00. The van der Waals surface area contributed by atoms with Crippen molar-refractivity contribution in [2.45, 2.75) is 30.7 Å². The van der Waals surface area contributed by atoms with Crippen LogP contribution in [0.3, 0.4) is 0 Å². The fourth-order valence-electron chi connectivity index (χ4n) is 1.23. The first-order chi connectivity index (χ1) is 7.22. The van der Waals surface area contributed by atoms with Crippen molar-refractivity contribution in [3.05, 3.63) is 0 Å². The maximum atomic E-state index is 10.1. The van der Waals surface area contributed by atoms with E-state index < -0.39 is 45.1 Å². The zero-order valence-corrected chi connectivity index (χ0v) is 8.77. The topological polar surface area (TPSA) is 163 Å². The van der Waals surface area contributed by atoms with Crippen LogP contribution in [0.5, 0.6) is 0 Å². The normalized spacial score (nSPS) is 41.0. The monoisotopic (exact) mass is 258 g/mol. The number of aliphatic hydroxyl groups excluding tert-OH is 4. The molecule has 0 saturated carbocycles. The Hall–Kier alpha value is -0.0900. The number of rotatable bonds is 3. The van der Waals surface area contributed by atoms with E-state index in [0.29, 0.717) is 0 Å². The summed E-state index contributed by atoms with van der Waals surface area (Å²) in [5.41, 5.74) is 0. The standard InChI is InChI=1S/C6H13O9P/c7-3-2(1-14-16(11,12)13)15-6(10)5(9)4(3)8/h2-10H,1H2,(H2,11,12,13)/p-2/t2-,3+,4+,5-,6+/m1/s1. The third kappa shape index (κ3) is 3.45. The summed E-state index contributed by atoms with van der Waals surface area (Å²) in [6, 6.07) is 0. The molecule has 1 rings (SSSR count). The predicted molar refractivity (Wildman–Crippen MR) is 42.5 cm³/mol. The van der Waals surface area contributed by atoms with Crippen molar-refractivity contribution in [1.29, 1.82) is 0 Å². The number of ether oxygens (including phenoxy) is 1. The first-order valence-electron chi connectivity index (χ1n) is 4.26. The second-order valence-electron chi connectivity index (χ2n) is 3.28. The molecule has 1 aliphatic heterocycles. The average molecular weight is 258 g/mol. The molecule has 0 unspecified atom stereocenters. The molecule has 0 aromatic carbocycles. The lowest BCUT2D eigenvalue weighted by atomic mass is 10.00. The number of hydrogen-bond donors (Lipinski definition) is 4. The fourth-order valence-corrected chi connectivity index (χ4v) is 1.56. The molecule has 9 nitrogen and oxygen atoms in total. The van der Waals surface area contributed by atoms with Crippen LogP contribution in [0.2, 0.25) is 0 Å². The molecule has 16 heavy (non-hydrogen) atoms. The van der Waals surface area contributed by atoms with E-state index >= 15 is 0 Å². The van der Waals surface area contributed by atoms with Gasteiger partial charge in [0.25, 0.3) is 0 Å². The molecule has 0 aromatic heterocycles. The molecule has 96 valence electrons. The van der Waals surface area contributed by atoms with E-state index in [1.54, 1.807) is 0 Å². The van der Waals surface area contributed by atoms with Crippen molar-refractivity contribution in [2.24, 2.45) is 0 Å². The van der Waals surface area contributed by atoms with E-state index in [4.69, 9.17) is 10.2 Å². The van der Waals surface area contributed by atoms with Gasteiger partial charge in [-0.2, -0.15) is 0 Å². The lowest BCUT2D eigenvalue weighted by molar-refractivity contribution is -0.347. The van der Waals surface area contributed by atoms with Crippen molar-refractivity contribution < 1.29 is 44.0 Å². The summed E-state index contributed by atoms with van der Waals surface area (Å²) in [6.07, 6.45) is -8.35. The van der Waals surface area contributed by atoms with Gasteiger partial charge in [0.2, 0.25) is 0 Å². The molecular weight excluding hydrogens is 247 g/mol. The first kappa shape index (κ1) is 14.0. The number of phosphoric acid groups is 1. The van der Waals surface area contributed by atoms with Gasteiger partial charge in [-0.1, -0.05) is 0 Å². The van der Waals surface area contributed by atoms with Gasteiger partial charge < -0.3 is 44.0 Å². The number of hydrogen-bond acceptors (Lipinski definition) is 9. The Morgan fingerprint density at radius 2 is 1.69 bits per heavy atom. The Balaban J connectivity index is 2.57. The lowest BCUT2D eigenvalue weighted by Gasteiger charge is -2.39. The van der Waals surface area contributed by atoms with Crippen LogP contribution in [0.4, 0.5) is 0 Å². The largest absolute Gasteiger partial charge is 0.790 e. The Bertz CT molecular complexity index is 277. The Labute approximate surface area is 90.1 Å². The quantitative estimate of drug-likeness (QED) is 0.366. The van der Waals surface area contributed by atoms with E-state index in [2.05, 4.69) is 9.26 Å². The predicted octanol–water partition coefficient (Wildman–Crippen LogP) is -4.37. The molecule has 4 N–H and O–H groups in total. The van der Waals surface area contributed by atoms with Gasteiger partial charge in [-0.3, -0.25) is 0 Å². The molecule has 1 saturated heterocycles. The zero-order valence-electron chi connectivity index (χ0n) is 7.87. The SMILES string of the molecule is O=P([O-])([O-])OC[C@H]1O[C@H](O)[C@H](O)[C@@H](O)[C@H]1O. The van der Waals surface area contributed by atoms with E-state index in [9.17, 15) is 24.6 Å². The molecule has 1 heterocycles. The van der Waals surface area contributed by atoms with Crippen LogP contribution in [0.25, 0.3) is 0 Å². The molecule has 5 atom stereocenters. The van der Waals surface area contributed by atoms with Gasteiger partial charge in [0, 0.05) is 0 Å². The lowest BCUT2D eigenvalue weighted by Crippen LogP contribution is -2.58. The molecule has 0 aromatic rings. The number of aliphatic hydroxyl groups is 4. The molecule has 10 heteroatoms. The zero-order chi connectivity index (χ0) is 12.5. The molecule has 1 aliphatic rings. The average Bonchev–Trinajstić information content (AvgIpc) is 2.17. The van der Waals surface area contributed by atoms with Crippen LogP contribution in [0.15, 0.2) is 0 Å². The summed E-state index contributed by atoms with van der Waals surface area (Å²) in [4.78, 5) is 20.3. The van der Waals surface area contributed by atoms with Gasteiger partial charge in [-0.05, 0) is 0 Å². The second kappa shape index (κ2) is 5.05. The Morgan fingerprint density at radius 1 is 1.12 bits per heavy atom.